The van der Waals surface area contributed by atoms with E-state index in [1.54, 1.807) is 4.90 Å². The molecule has 5 rings (SSSR count). The number of esters is 1. The Morgan fingerprint density at radius 1 is 1.05 bits per heavy atom. The number of piperidine rings is 1. The van der Waals surface area contributed by atoms with Crippen molar-refractivity contribution in [2.24, 2.45) is 14.1 Å². The van der Waals surface area contributed by atoms with Gasteiger partial charge in [-0.05, 0) is 18.4 Å². The van der Waals surface area contributed by atoms with E-state index in [1.165, 1.54) is 34.5 Å². The highest BCUT2D eigenvalue weighted by molar-refractivity contribution is 5.84. The highest BCUT2D eigenvalue weighted by Gasteiger charge is 2.44. The second-order valence-corrected chi connectivity index (χ2v) is 9.46. The van der Waals surface area contributed by atoms with Crippen LogP contribution in [0, 0.1) is 0 Å². The molecular formula is C25H28N6O7. The number of hydrogen-bond donors (Lipinski definition) is 0. The topological polar surface area (TPSA) is 138 Å². The lowest BCUT2D eigenvalue weighted by molar-refractivity contribution is -0.150. The number of rotatable bonds is 6. The zero-order valence-corrected chi connectivity index (χ0v) is 21.1. The van der Waals surface area contributed by atoms with Crippen LogP contribution in [0.4, 0.5) is 4.79 Å². The van der Waals surface area contributed by atoms with E-state index < -0.39 is 29.4 Å². The van der Waals surface area contributed by atoms with Crippen molar-refractivity contribution in [2.45, 2.75) is 38.1 Å². The maximum absolute atomic E-state index is 13.1. The Labute approximate surface area is 216 Å². The van der Waals surface area contributed by atoms with Gasteiger partial charge >= 0.3 is 17.8 Å². The number of nitrogens with zero attached hydrogens (tertiary/aromatic N) is 6. The van der Waals surface area contributed by atoms with Crippen molar-refractivity contribution in [1.82, 2.24) is 28.5 Å². The van der Waals surface area contributed by atoms with Crippen LogP contribution in [0.25, 0.3) is 11.2 Å². The summed E-state index contributed by atoms with van der Waals surface area (Å²) in [4.78, 5) is 70.3. The first-order valence-electron chi connectivity index (χ1n) is 12.3. The van der Waals surface area contributed by atoms with Crippen LogP contribution in [0.2, 0.25) is 0 Å². The standard InChI is InChI=1S/C25H28N6O7/c1-27-21-20(22(33)28(2)24(27)35)30(15-26-21)12-19(32)29-10-8-17(9-11-29)31-18(14-38-25(31)36)23(34)37-13-16-6-4-3-5-7-16/h3-7,15,17-18H,8-14H2,1-2H3. The summed E-state index contributed by atoms with van der Waals surface area (Å²) in [6.07, 6.45) is 1.74. The first kappa shape index (κ1) is 25.2. The van der Waals surface area contributed by atoms with E-state index >= 15 is 0 Å². The van der Waals surface area contributed by atoms with Crippen LogP contribution >= 0.6 is 0 Å². The van der Waals surface area contributed by atoms with Gasteiger partial charge in [-0.15, -0.1) is 0 Å². The number of aryl methyl sites for hydroxylation is 1. The van der Waals surface area contributed by atoms with Crippen LogP contribution in [0.15, 0.2) is 46.2 Å². The zero-order valence-electron chi connectivity index (χ0n) is 21.1. The van der Waals surface area contributed by atoms with E-state index in [-0.39, 0.29) is 42.9 Å². The quantitative estimate of drug-likeness (QED) is 0.411. The average Bonchev–Trinajstić information content (AvgIpc) is 3.53. The summed E-state index contributed by atoms with van der Waals surface area (Å²) in [6, 6.07) is 8.15. The van der Waals surface area contributed by atoms with Gasteiger partial charge in [0, 0.05) is 33.2 Å². The molecular weight excluding hydrogens is 496 g/mol. The molecule has 2 amide bonds. The average molecular weight is 525 g/mol. The summed E-state index contributed by atoms with van der Waals surface area (Å²) >= 11 is 0. The highest BCUT2D eigenvalue weighted by atomic mass is 16.6. The lowest BCUT2D eigenvalue weighted by Crippen LogP contribution is -2.52. The number of hydrogen-bond acceptors (Lipinski definition) is 8. The van der Waals surface area contributed by atoms with E-state index in [2.05, 4.69) is 4.98 Å². The molecule has 0 N–H and O–H groups in total. The van der Waals surface area contributed by atoms with Gasteiger partial charge in [-0.3, -0.25) is 23.6 Å². The molecule has 1 aromatic carbocycles. The lowest BCUT2D eigenvalue weighted by atomic mass is 10.0. The summed E-state index contributed by atoms with van der Waals surface area (Å²) in [5.41, 5.74) is 0.209. The Balaban J connectivity index is 1.21. The molecule has 200 valence electrons. The van der Waals surface area contributed by atoms with E-state index in [9.17, 15) is 24.0 Å². The fraction of sp³-hybridized carbons (Fsp3) is 0.440. The largest absolute Gasteiger partial charge is 0.459 e. The number of benzene rings is 1. The van der Waals surface area contributed by atoms with Crippen molar-refractivity contribution >= 4 is 29.1 Å². The fourth-order valence-electron chi connectivity index (χ4n) is 5.00. The summed E-state index contributed by atoms with van der Waals surface area (Å²) in [5, 5.41) is 0. The second-order valence-electron chi connectivity index (χ2n) is 9.46. The molecule has 0 saturated carbocycles. The van der Waals surface area contributed by atoms with Crippen molar-refractivity contribution in [2.75, 3.05) is 19.7 Å². The molecule has 0 spiro atoms. The molecule has 2 saturated heterocycles. The number of ether oxygens (including phenoxy) is 2. The third-order valence-electron chi connectivity index (χ3n) is 7.14. The predicted molar refractivity (Wildman–Crippen MR) is 133 cm³/mol. The molecule has 2 aliphatic heterocycles. The molecule has 38 heavy (non-hydrogen) atoms. The summed E-state index contributed by atoms with van der Waals surface area (Å²) in [6.45, 7) is 0.640. The van der Waals surface area contributed by atoms with Crippen LogP contribution in [0.5, 0.6) is 0 Å². The van der Waals surface area contributed by atoms with E-state index in [1.807, 2.05) is 30.3 Å². The van der Waals surface area contributed by atoms with Crippen molar-refractivity contribution in [1.29, 1.82) is 0 Å². The molecule has 0 bridgehead atoms. The van der Waals surface area contributed by atoms with Crippen molar-refractivity contribution in [3.8, 4) is 0 Å². The van der Waals surface area contributed by atoms with Gasteiger partial charge in [0.2, 0.25) is 5.91 Å². The third kappa shape index (κ3) is 4.55. The van der Waals surface area contributed by atoms with Gasteiger partial charge in [0.1, 0.15) is 19.8 Å². The maximum atomic E-state index is 13.1. The molecule has 13 heteroatoms. The van der Waals surface area contributed by atoms with Crippen molar-refractivity contribution < 1.29 is 23.9 Å². The lowest BCUT2D eigenvalue weighted by Gasteiger charge is -2.37. The number of fused-ring (bicyclic) bond motifs is 1. The predicted octanol–water partition coefficient (Wildman–Crippen LogP) is -0.0111. The van der Waals surface area contributed by atoms with E-state index in [4.69, 9.17) is 9.47 Å². The van der Waals surface area contributed by atoms with Gasteiger partial charge in [-0.1, -0.05) is 30.3 Å². The van der Waals surface area contributed by atoms with Gasteiger partial charge < -0.3 is 18.9 Å². The molecule has 4 heterocycles. The fourth-order valence-corrected chi connectivity index (χ4v) is 5.00. The number of imidazole rings is 1. The van der Waals surface area contributed by atoms with Gasteiger partial charge in [0.05, 0.1) is 6.33 Å². The molecule has 0 aliphatic carbocycles. The van der Waals surface area contributed by atoms with Crippen LogP contribution in [0.1, 0.15) is 18.4 Å². The number of aromatic nitrogens is 4. The molecule has 0 radical (unpaired) electrons. The maximum Gasteiger partial charge on any atom is 0.410 e. The summed E-state index contributed by atoms with van der Waals surface area (Å²) < 4.78 is 14.3. The minimum absolute atomic E-state index is 0.0727. The smallest absolute Gasteiger partial charge is 0.410 e. The Morgan fingerprint density at radius 2 is 1.76 bits per heavy atom. The van der Waals surface area contributed by atoms with E-state index in [0.29, 0.717) is 25.9 Å². The minimum atomic E-state index is -0.835. The van der Waals surface area contributed by atoms with Crippen molar-refractivity contribution in [3.05, 3.63) is 63.1 Å². The number of cyclic esters (lactones) is 1. The SMILES string of the molecule is Cn1c(=O)c2c(ncn2CC(=O)N2CCC(N3C(=O)OCC3C(=O)OCc3ccccc3)CC2)n(C)c1=O. The van der Waals surface area contributed by atoms with Crippen LogP contribution in [-0.2, 0) is 46.3 Å². The van der Waals surface area contributed by atoms with Gasteiger partial charge in [-0.25, -0.2) is 19.4 Å². The van der Waals surface area contributed by atoms with Gasteiger partial charge in [-0.2, -0.15) is 0 Å². The van der Waals surface area contributed by atoms with Crippen LogP contribution in [0.3, 0.4) is 0 Å². The first-order chi connectivity index (χ1) is 18.3. The molecule has 2 aliphatic rings. The molecule has 1 atom stereocenters. The molecule has 2 aromatic heterocycles. The van der Waals surface area contributed by atoms with Crippen molar-refractivity contribution in [3.63, 3.8) is 0 Å². The zero-order chi connectivity index (χ0) is 27.0. The number of amides is 2. The molecule has 3 aromatic rings. The monoisotopic (exact) mass is 524 g/mol. The summed E-state index contributed by atoms with van der Waals surface area (Å²) in [7, 11) is 2.89. The van der Waals surface area contributed by atoms with E-state index in [0.717, 1.165) is 10.1 Å². The second kappa shape index (κ2) is 10.1. The summed E-state index contributed by atoms with van der Waals surface area (Å²) in [5.74, 6) is -0.748. The number of likely N-dealkylation sites (tertiary alicyclic amines) is 1. The Morgan fingerprint density at radius 3 is 2.47 bits per heavy atom. The van der Waals surface area contributed by atoms with Crippen LogP contribution < -0.4 is 11.2 Å². The molecule has 13 nitrogen and oxygen atoms in total. The Hall–Kier alpha value is -4.42. The number of carbonyl (C=O) groups is 3. The first-order valence-corrected chi connectivity index (χ1v) is 12.3. The molecule has 1 unspecified atom stereocenters. The third-order valence-corrected chi connectivity index (χ3v) is 7.14. The Bertz CT molecular complexity index is 1500. The van der Waals surface area contributed by atoms with Gasteiger partial charge in [0.15, 0.2) is 17.2 Å². The minimum Gasteiger partial charge on any atom is -0.459 e. The molecule has 2 fully saturated rings. The normalized spacial score (nSPS) is 18.2. The van der Waals surface area contributed by atoms with Gasteiger partial charge in [0.25, 0.3) is 5.56 Å². The van der Waals surface area contributed by atoms with Crippen LogP contribution in [-0.4, -0.2) is 78.2 Å². The highest BCUT2D eigenvalue weighted by Crippen LogP contribution is 2.25. The number of carbonyl (C=O) groups excluding carboxylic acids is 3. The Kier molecular flexibility index (Phi) is 6.74.